The van der Waals surface area contributed by atoms with Crippen LogP contribution in [-0.2, 0) is 28.5 Å². The van der Waals surface area contributed by atoms with Gasteiger partial charge in [0.2, 0.25) is 0 Å². The van der Waals surface area contributed by atoms with Gasteiger partial charge in [-0.25, -0.2) is 4.79 Å². The summed E-state index contributed by atoms with van der Waals surface area (Å²) in [4.78, 5) is 25.4. The second-order valence-electron chi connectivity index (χ2n) is 6.03. The molecule has 2 unspecified atom stereocenters. The summed E-state index contributed by atoms with van der Waals surface area (Å²) in [5.41, 5.74) is 1.23. The SMILES string of the molecule is COCCOC(=O)C1=NN=C(C)C(C(=O)OCCOC)C1c1cccc(Br)c1. The lowest BCUT2D eigenvalue weighted by Gasteiger charge is -2.28. The number of halogens is 1. The zero-order chi connectivity index (χ0) is 20.5. The van der Waals surface area contributed by atoms with Crippen molar-refractivity contribution < 1.29 is 28.5 Å². The molecular formula is C19H23BrN2O6. The van der Waals surface area contributed by atoms with Gasteiger partial charge < -0.3 is 18.9 Å². The minimum absolute atomic E-state index is 0.0495. The molecule has 1 aromatic rings. The lowest BCUT2D eigenvalue weighted by atomic mass is 9.79. The van der Waals surface area contributed by atoms with E-state index in [1.807, 2.05) is 24.3 Å². The van der Waals surface area contributed by atoms with Crippen molar-refractivity contribution in [2.75, 3.05) is 40.6 Å². The third-order valence-electron chi connectivity index (χ3n) is 4.12. The molecule has 0 spiro atoms. The number of nitrogens with zero attached hydrogens (tertiary/aromatic N) is 2. The summed E-state index contributed by atoms with van der Waals surface area (Å²) in [7, 11) is 3.03. The van der Waals surface area contributed by atoms with Crippen molar-refractivity contribution in [3.63, 3.8) is 0 Å². The Hall–Kier alpha value is -2.10. The minimum atomic E-state index is -0.798. The van der Waals surface area contributed by atoms with Crippen molar-refractivity contribution in [1.82, 2.24) is 0 Å². The maximum absolute atomic E-state index is 12.8. The van der Waals surface area contributed by atoms with Crippen LogP contribution in [0.15, 0.2) is 38.9 Å². The van der Waals surface area contributed by atoms with Gasteiger partial charge in [-0.05, 0) is 24.6 Å². The number of hydrogen-bond acceptors (Lipinski definition) is 8. The van der Waals surface area contributed by atoms with Gasteiger partial charge in [-0.3, -0.25) is 4.79 Å². The molecule has 0 fully saturated rings. The quantitative estimate of drug-likeness (QED) is 0.419. The van der Waals surface area contributed by atoms with E-state index in [0.717, 1.165) is 10.0 Å². The summed E-state index contributed by atoms with van der Waals surface area (Å²) in [6.07, 6.45) is 0. The molecule has 8 nitrogen and oxygen atoms in total. The second kappa shape index (κ2) is 11.0. The first kappa shape index (κ1) is 22.2. The number of carbonyl (C=O) groups excluding carboxylic acids is 2. The van der Waals surface area contributed by atoms with Crippen LogP contribution in [-0.4, -0.2) is 64.0 Å². The first-order valence-electron chi connectivity index (χ1n) is 8.68. The standard InChI is InChI=1S/C19H23BrN2O6/c1-12-15(18(23)27-9-7-25-2)16(13-5-4-6-14(20)11-13)17(22-21-12)19(24)28-10-8-26-3/h4-6,11,15-16H,7-10H2,1-3H3. The Kier molecular flexibility index (Phi) is 8.75. The van der Waals surface area contributed by atoms with Crippen LogP contribution in [0.3, 0.4) is 0 Å². The maximum Gasteiger partial charge on any atom is 0.355 e. The molecular weight excluding hydrogens is 432 g/mol. The van der Waals surface area contributed by atoms with Gasteiger partial charge in [-0.15, -0.1) is 5.10 Å². The molecule has 1 aliphatic rings. The number of carbonyl (C=O) groups is 2. The Labute approximate surface area is 172 Å². The number of hydrogen-bond donors (Lipinski definition) is 0. The average Bonchev–Trinajstić information content (AvgIpc) is 2.67. The average molecular weight is 455 g/mol. The van der Waals surface area contributed by atoms with Gasteiger partial charge in [-0.2, -0.15) is 5.10 Å². The lowest BCUT2D eigenvalue weighted by Crippen LogP contribution is -2.40. The van der Waals surface area contributed by atoms with Crippen molar-refractivity contribution in [3.05, 3.63) is 34.3 Å². The normalized spacial score (nSPS) is 18.9. The molecule has 0 N–H and O–H groups in total. The maximum atomic E-state index is 12.8. The number of methoxy groups -OCH3 is 2. The molecule has 152 valence electrons. The van der Waals surface area contributed by atoms with E-state index in [2.05, 4.69) is 26.1 Å². The molecule has 1 heterocycles. The predicted molar refractivity (Wildman–Crippen MR) is 107 cm³/mol. The van der Waals surface area contributed by atoms with Crippen molar-refractivity contribution in [2.45, 2.75) is 12.8 Å². The number of esters is 2. The van der Waals surface area contributed by atoms with Crippen molar-refractivity contribution >= 4 is 39.3 Å². The number of ether oxygens (including phenoxy) is 4. The highest BCUT2D eigenvalue weighted by Gasteiger charge is 2.42. The summed E-state index contributed by atoms with van der Waals surface area (Å²) in [6.45, 7) is 2.39. The third kappa shape index (κ3) is 5.70. The molecule has 0 radical (unpaired) electrons. The second-order valence-corrected chi connectivity index (χ2v) is 6.94. The first-order valence-corrected chi connectivity index (χ1v) is 9.48. The Balaban J connectivity index is 2.37. The van der Waals surface area contributed by atoms with E-state index in [4.69, 9.17) is 18.9 Å². The number of rotatable bonds is 9. The Morgan fingerprint density at radius 1 is 1.04 bits per heavy atom. The molecule has 0 saturated heterocycles. The van der Waals surface area contributed by atoms with Gasteiger partial charge in [-0.1, -0.05) is 28.1 Å². The van der Waals surface area contributed by atoms with Crippen LogP contribution in [0.4, 0.5) is 0 Å². The molecule has 0 aromatic heterocycles. The van der Waals surface area contributed by atoms with Gasteiger partial charge in [0.1, 0.15) is 19.1 Å². The molecule has 0 amide bonds. The molecule has 1 aromatic carbocycles. The highest BCUT2D eigenvalue weighted by atomic mass is 79.9. The monoisotopic (exact) mass is 454 g/mol. The zero-order valence-electron chi connectivity index (χ0n) is 16.0. The topological polar surface area (TPSA) is 95.8 Å². The van der Waals surface area contributed by atoms with Crippen LogP contribution < -0.4 is 0 Å². The van der Waals surface area contributed by atoms with E-state index in [1.54, 1.807) is 6.92 Å². The Bertz CT molecular complexity index is 765. The van der Waals surface area contributed by atoms with Crippen LogP contribution in [0.25, 0.3) is 0 Å². The molecule has 9 heteroatoms. The van der Waals surface area contributed by atoms with Crippen LogP contribution in [0.5, 0.6) is 0 Å². The van der Waals surface area contributed by atoms with Gasteiger partial charge in [0.15, 0.2) is 5.71 Å². The fraction of sp³-hybridized carbons (Fsp3) is 0.474. The van der Waals surface area contributed by atoms with Crippen LogP contribution in [0.1, 0.15) is 18.4 Å². The molecule has 0 bridgehead atoms. The van der Waals surface area contributed by atoms with E-state index < -0.39 is 23.8 Å². The molecule has 28 heavy (non-hydrogen) atoms. The first-order chi connectivity index (χ1) is 13.5. The van der Waals surface area contributed by atoms with Crippen molar-refractivity contribution in [1.29, 1.82) is 0 Å². The van der Waals surface area contributed by atoms with E-state index in [0.29, 0.717) is 5.71 Å². The van der Waals surface area contributed by atoms with E-state index >= 15 is 0 Å². The van der Waals surface area contributed by atoms with Gasteiger partial charge in [0.25, 0.3) is 0 Å². The Morgan fingerprint density at radius 2 is 1.71 bits per heavy atom. The largest absolute Gasteiger partial charge is 0.463 e. The third-order valence-corrected chi connectivity index (χ3v) is 4.61. The van der Waals surface area contributed by atoms with Crippen LogP contribution in [0.2, 0.25) is 0 Å². The summed E-state index contributed by atoms with van der Waals surface area (Å²) < 4.78 is 21.2. The van der Waals surface area contributed by atoms with Gasteiger partial charge >= 0.3 is 11.9 Å². The zero-order valence-corrected chi connectivity index (χ0v) is 17.6. The van der Waals surface area contributed by atoms with E-state index in [-0.39, 0.29) is 32.1 Å². The van der Waals surface area contributed by atoms with Crippen molar-refractivity contribution in [2.24, 2.45) is 16.1 Å². The van der Waals surface area contributed by atoms with Crippen LogP contribution >= 0.6 is 15.9 Å². The molecule has 0 saturated carbocycles. The van der Waals surface area contributed by atoms with E-state index in [1.165, 1.54) is 14.2 Å². The minimum Gasteiger partial charge on any atom is -0.463 e. The van der Waals surface area contributed by atoms with Crippen LogP contribution in [0, 0.1) is 5.92 Å². The van der Waals surface area contributed by atoms with Gasteiger partial charge in [0.05, 0.1) is 24.8 Å². The molecule has 2 rings (SSSR count). The Morgan fingerprint density at radius 3 is 2.36 bits per heavy atom. The fourth-order valence-corrected chi connectivity index (χ4v) is 3.20. The molecule has 1 aliphatic heterocycles. The van der Waals surface area contributed by atoms with Crippen molar-refractivity contribution in [3.8, 4) is 0 Å². The molecule has 0 aliphatic carbocycles. The lowest BCUT2D eigenvalue weighted by molar-refractivity contribution is -0.147. The fourth-order valence-electron chi connectivity index (χ4n) is 2.79. The summed E-state index contributed by atoms with van der Waals surface area (Å²) in [5.74, 6) is -2.62. The van der Waals surface area contributed by atoms with Gasteiger partial charge in [0, 0.05) is 18.7 Å². The predicted octanol–water partition coefficient (Wildman–Crippen LogP) is 2.36. The molecule has 2 atom stereocenters. The highest BCUT2D eigenvalue weighted by Crippen LogP contribution is 2.33. The summed E-state index contributed by atoms with van der Waals surface area (Å²) in [6, 6.07) is 7.33. The van der Waals surface area contributed by atoms with E-state index in [9.17, 15) is 9.59 Å². The summed E-state index contributed by atoms with van der Waals surface area (Å²) in [5, 5.41) is 8.07. The smallest absolute Gasteiger partial charge is 0.355 e. The number of benzene rings is 1. The highest BCUT2D eigenvalue weighted by molar-refractivity contribution is 9.10. The summed E-state index contributed by atoms with van der Waals surface area (Å²) >= 11 is 3.42.